The van der Waals surface area contributed by atoms with Crippen LogP contribution >= 0.6 is 0 Å². The van der Waals surface area contributed by atoms with Crippen molar-refractivity contribution in [2.24, 2.45) is 5.92 Å². The highest BCUT2D eigenvalue weighted by Crippen LogP contribution is 2.29. The standard InChI is InChI=1S/C17H25FN2O2/c18-15-8-12(4-5-13(15)10-21)9-20-16-3-1-2-14(16)17-11-22-7-6-19-17/h4-5,8,14,16-17,19-21H,1-3,6-7,9-11H2. The highest BCUT2D eigenvalue weighted by atomic mass is 19.1. The molecule has 122 valence electrons. The van der Waals surface area contributed by atoms with E-state index < -0.39 is 0 Å². The predicted molar refractivity (Wildman–Crippen MR) is 82.9 cm³/mol. The molecule has 3 rings (SSSR count). The van der Waals surface area contributed by atoms with Gasteiger partial charge in [0.05, 0.1) is 19.8 Å². The van der Waals surface area contributed by atoms with Crippen molar-refractivity contribution in [1.29, 1.82) is 0 Å². The van der Waals surface area contributed by atoms with Crippen LogP contribution in [0.2, 0.25) is 0 Å². The van der Waals surface area contributed by atoms with Gasteiger partial charge in [-0.3, -0.25) is 0 Å². The summed E-state index contributed by atoms with van der Waals surface area (Å²) in [4.78, 5) is 0. The summed E-state index contributed by atoms with van der Waals surface area (Å²) in [6, 6.07) is 5.95. The van der Waals surface area contributed by atoms with Crippen LogP contribution in [-0.4, -0.2) is 36.9 Å². The van der Waals surface area contributed by atoms with Gasteiger partial charge in [0, 0.05) is 30.7 Å². The lowest BCUT2D eigenvalue weighted by Gasteiger charge is -2.33. The van der Waals surface area contributed by atoms with E-state index in [1.54, 1.807) is 6.07 Å². The first kappa shape index (κ1) is 15.9. The molecule has 1 heterocycles. The van der Waals surface area contributed by atoms with Crippen molar-refractivity contribution < 1.29 is 14.2 Å². The van der Waals surface area contributed by atoms with Crippen molar-refractivity contribution >= 4 is 0 Å². The smallest absolute Gasteiger partial charge is 0.129 e. The molecule has 0 radical (unpaired) electrons. The molecule has 1 aromatic carbocycles. The summed E-state index contributed by atoms with van der Waals surface area (Å²) in [6.07, 6.45) is 3.62. The molecule has 3 N–H and O–H groups in total. The Morgan fingerprint density at radius 1 is 1.36 bits per heavy atom. The van der Waals surface area contributed by atoms with E-state index in [0.717, 1.165) is 25.3 Å². The summed E-state index contributed by atoms with van der Waals surface area (Å²) < 4.78 is 19.3. The van der Waals surface area contributed by atoms with Crippen LogP contribution in [0, 0.1) is 11.7 Å². The molecular formula is C17H25FN2O2. The first-order valence-electron chi connectivity index (χ1n) is 8.20. The zero-order valence-electron chi connectivity index (χ0n) is 12.9. The van der Waals surface area contributed by atoms with Crippen molar-refractivity contribution in [3.05, 3.63) is 35.1 Å². The van der Waals surface area contributed by atoms with Crippen LogP contribution in [-0.2, 0) is 17.9 Å². The van der Waals surface area contributed by atoms with Gasteiger partial charge in [0.15, 0.2) is 0 Å². The number of rotatable bonds is 5. The quantitative estimate of drug-likeness (QED) is 0.773. The van der Waals surface area contributed by atoms with Gasteiger partial charge in [0.1, 0.15) is 5.82 Å². The highest BCUT2D eigenvalue weighted by molar-refractivity contribution is 5.24. The first-order valence-corrected chi connectivity index (χ1v) is 8.20. The first-order chi connectivity index (χ1) is 10.8. The zero-order chi connectivity index (χ0) is 15.4. The lowest BCUT2D eigenvalue weighted by Crippen LogP contribution is -2.50. The number of ether oxygens (including phenoxy) is 1. The summed E-state index contributed by atoms with van der Waals surface area (Å²) in [7, 11) is 0. The predicted octanol–water partition coefficient (Wildman–Crippen LogP) is 1.56. The number of nitrogens with one attached hydrogen (secondary N) is 2. The summed E-state index contributed by atoms with van der Waals surface area (Å²) in [5, 5.41) is 16.2. The van der Waals surface area contributed by atoms with Gasteiger partial charge < -0.3 is 20.5 Å². The maximum absolute atomic E-state index is 13.7. The molecule has 22 heavy (non-hydrogen) atoms. The van der Waals surface area contributed by atoms with Crippen LogP contribution in [0.5, 0.6) is 0 Å². The summed E-state index contributed by atoms with van der Waals surface area (Å²) in [5.74, 6) is 0.258. The third kappa shape index (κ3) is 3.66. The largest absolute Gasteiger partial charge is 0.392 e. The Labute approximate surface area is 131 Å². The van der Waals surface area contributed by atoms with Gasteiger partial charge in [-0.1, -0.05) is 18.6 Å². The Morgan fingerprint density at radius 3 is 3.00 bits per heavy atom. The molecule has 2 aliphatic rings. The number of benzene rings is 1. The SMILES string of the molecule is OCc1ccc(CNC2CCCC2C2COCCN2)cc1F. The van der Waals surface area contributed by atoms with Crippen molar-refractivity contribution in [2.45, 2.75) is 44.5 Å². The Kier molecular flexibility index (Phi) is 5.41. The minimum atomic E-state index is -0.327. The van der Waals surface area contributed by atoms with Crippen LogP contribution in [0.15, 0.2) is 18.2 Å². The van der Waals surface area contributed by atoms with E-state index in [0.29, 0.717) is 30.1 Å². The molecule has 4 nitrogen and oxygen atoms in total. The minimum absolute atomic E-state index is 0.252. The highest BCUT2D eigenvalue weighted by Gasteiger charge is 2.34. The fourth-order valence-corrected chi connectivity index (χ4v) is 3.66. The van der Waals surface area contributed by atoms with Crippen LogP contribution in [0.4, 0.5) is 4.39 Å². The molecule has 3 unspecified atom stereocenters. The zero-order valence-corrected chi connectivity index (χ0v) is 12.9. The Bertz CT molecular complexity index is 492. The van der Waals surface area contributed by atoms with E-state index in [1.165, 1.54) is 25.3 Å². The van der Waals surface area contributed by atoms with Gasteiger partial charge >= 0.3 is 0 Å². The van der Waals surface area contributed by atoms with Gasteiger partial charge in [0.2, 0.25) is 0 Å². The van der Waals surface area contributed by atoms with E-state index in [2.05, 4.69) is 10.6 Å². The van der Waals surface area contributed by atoms with Crippen LogP contribution in [0.3, 0.4) is 0 Å². The van der Waals surface area contributed by atoms with Crippen molar-refractivity contribution in [2.75, 3.05) is 19.8 Å². The molecule has 0 bridgehead atoms. The molecule has 1 saturated heterocycles. The lowest BCUT2D eigenvalue weighted by molar-refractivity contribution is 0.0524. The molecule has 0 amide bonds. The fraction of sp³-hybridized carbons (Fsp3) is 0.647. The van der Waals surface area contributed by atoms with Crippen LogP contribution in [0.1, 0.15) is 30.4 Å². The van der Waals surface area contributed by atoms with Gasteiger partial charge in [-0.15, -0.1) is 0 Å². The summed E-state index contributed by atoms with van der Waals surface area (Å²) in [6.45, 7) is 2.94. The van der Waals surface area contributed by atoms with Crippen molar-refractivity contribution in [3.63, 3.8) is 0 Å². The number of aliphatic hydroxyl groups excluding tert-OH is 1. The molecule has 0 aromatic heterocycles. The average molecular weight is 308 g/mol. The molecule has 1 aliphatic carbocycles. The molecule has 1 aliphatic heterocycles. The number of hydrogen-bond donors (Lipinski definition) is 3. The third-order valence-corrected chi connectivity index (χ3v) is 4.89. The van der Waals surface area contributed by atoms with E-state index in [4.69, 9.17) is 9.84 Å². The lowest BCUT2D eigenvalue weighted by atomic mass is 9.94. The third-order valence-electron chi connectivity index (χ3n) is 4.89. The van der Waals surface area contributed by atoms with E-state index in [-0.39, 0.29) is 12.4 Å². The maximum atomic E-state index is 13.7. The fourth-order valence-electron chi connectivity index (χ4n) is 3.66. The minimum Gasteiger partial charge on any atom is -0.392 e. The molecule has 2 fully saturated rings. The average Bonchev–Trinajstić information content (AvgIpc) is 3.02. The Balaban J connectivity index is 1.56. The number of morpholine rings is 1. The Hall–Kier alpha value is -1.01. The summed E-state index contributed by atoms with van der Waals surface area (Å²) in [5.41, 5.74) is 1.28. The summed E-state index contributed by atoms with van der Waals surface area (Å²) >= 11 is 0. The van der Waals surface area contributed by atoms with Gasteiger partial charge in [-0.25, -0.2) is 4.39 Å². The second-order valence-electron chi connectivity index (χ2n) is 6.30. The van der Waals surface area contributed by atoms with Crippen LogP contribution in [0.25, 0.3) is 0 Å². The maximum Gasteiger partial charge on any atom is 0.129 e. The second-order valence-corrected chi connectivity index (χ2v) is 6.30. The van der Waals surface area contributed by atoms with Gasteiger partial charge in [-0.05, 0) is 30.4 Å². The van der Waals surface area contributed by atoms with E-state index >= 15 is 0 Å². The molecule has 0 spiro atoms. The van der Waals surface area contributed by atoms with E-state index in [9.17, 15) is 4.39 Å². The van der Waals surface area contributed by atoms with Crippen molar-refractivity contribution in [1.82, 2.24) is 10.6 Å². The number of halogens is 1. The normalized spacial score (nSPS) is 28.9. The number of aliphatic hydroxyl groups is 1. The van der Waals surface area contributed by atoms with Gasteiger partial charge in [-0.2, -0.15) is 0 Å². The second kappa shape index (κ2) is 7.51. The van der Waals surface area contributed by atoms with Crippen molar-refractivity contribution in [3.8, 4) is 0 Å². The van der Waals surface area contributed by atoms with E-state index in [1.807, 2.05) is 6.07 Å². The molecule has 5 heteroatoms. The molecule has 1 saturated carbocycles. The Morgan fingerprint density at radius 2 is 2.27 bits per heavy atom. The molecular weight excluding hydrogens is 283 g/mol. The molecule has 3 atom stereocenters. The monoisotopic (exact) mass is 308 g/mol. The topological polar surface area (TPSA) is 53.5 Å². The molecule has 1 aromatic rings. The van der Waals surface area contributed by atoms with Crippen LogP contribution < -0.4 is 10.6 Å². The van der Waals surface area contributed by atoms with Gasteiger partial charge in [0.25, 0.3) is 0 Å². The number of hydrogen-bond acceptors (Lipinski definition) is 4.